The summed E-state index contributed by atoms with van der Waals surface area (Å²) in [7, 11) is 0. The molecule has 0 aliphatic heterocycles. The van der Waals surface area contributed by atoms with E-state index >= 15 is 0 Å². The normalized spacial score (nSPS) is 10.4. The molecule has 0 spiro atoms. The molecule has 0 aliphatic carbocycles. The summed E-state index contributed by atoms with van der Waals surface area (Å²) in [4.78, 5) is 22.9. The molecule has 0 aliphatic rings. The van der Waals surface area contributed by atoms with E-state index in [2.05, 4.69) is 31.4 Å². The molecule has 3 aromatic rings. The molecule has 0 radical (unpaired) electrons. The van der Waals surface area contributed by atoms with Gasteiger partial charge in [-0.05, 0) is 34.5 Å². The quantitative estimate of drug-likeness (QED) is 0.471. The van der Waals surface area contributed by atoms with E-state index in [-0.39, 0.29) is 22.8 Å². The Hall–Kier alpha value is -3.20. The molecule has 26 heavy (non-hydrogen) atoms. The molecule has 1 heterocycles. The minimum atomic E-state index is -0.549. The Bertz CT molecular complexity index is 986. The highest BCUT2D eigenvalue weighted by Crippen LogP contribution is 2.31. The van der Waals surface area contributed by atoms with Crippen LogP contribution in [-0.2, 0) is 0 Å². The van der Waals surface area contributed by atoms with Crippen LogP contribution in [0.2, 0.25) is 0 Å². The molecule has 0 bridgehead atoms. The molecule has 3 rings (SSSR count). The molecule has 2 aromatic carbocycles. The largest absolute Gasteiger partial charge is 0.457 e. The lowest BCUT2D eigenvalue weighted by molar-refractivity contribution is -0.384. The van der Waals surface area contributed by atoms with Crippen LogP contribution >= 0.6 is 15.9 Å². The number of nitro groups is 1. The van der Waals surface area contributed by atoms with Crippen molar-refractivity contribution in [3.63, 3.8) is 0 Å². The lowest BCUT2D eigenvalue weighted by Crippen LogP contribution is -2.13. The van der Waals surface area contributed by atoms with E-state index in [0.717, 1.165) is 5.56 Å². The van der Waals surface area contributed by atoms with Crippen LogP contribution in [0.25, 0.3) is 0 Å². The van der Waals surface area contributed by atoms with Crippen molar-refractivity contribution in [1.82, 2.24) is 10.2 Å². The number of rotatable bonds is 5. The number of aromatic nitrogens is 2. The van der Waals surface area contributed by atoms with Gasteiger partial charge < -0.3 is 10.1 Å². The number of nitro benzene ring substituents is 1. The first-order valence-corrected chi connectivity index (χ1v) is 8.26. The number of hydrogen-bond donors (Lipinski definition) is 2. The zero-order chi connectivity index (χ0) is 18.7. The minimum Gasteiger partial charge on any atom is -0.457 e. The number of nitrogens with one attached hydrogen (secondary N) is 2. The van der Waals surface area contributed by atoms with Gasteiger partial charge in [-0.1, -0.05) is 18.2 Å². The van der Waals surface area contributed by atoms with E-state index in [1.54, 1.807) is 12.1 Å². The van der Waals surface area contributed by atoms with Crippen LogP contribution in [0.3, 0.4) is 0 Å². The number of para-hydroxylation sites is 1. The Balaban J connectivity index is 1.91. The van der Waals surface area contributed by atoms with Crippen LogP contribution in [-0.4, -0.2) is 21.0 Å². The number of hydrogen-bond acceptors (Lipinski definition) is 5. The van der Waals surface area contributed by atoms with Gasteiger partial charge in [0.2, 0.25) is 0 Å². The van der Waals surface area contributed by atoms with Crippen molar-refractivity contribution in [2.45, 2.75) is 6.92 Å². The van der Waals surface area contributed by atoms with E-state index in [0.29, 0.717) is 10.2 Å². The zero-order valence-corrected chi connectivity index (χ0v) is 15.1. The highest BCUT2D eigenvalue weighted by Gasteiger charge is 2.16. The number of carbonyl (C=O) groups is 1. The van der Waals surface area contributed by atoms with E-state index in [1.165, 1.54) is 24.4 Å². The fraction of sp³-hybridized carbons (Fsp3) is 0.0588. The summed E-state index contributed by atoms with van der Waals surface area (Å²) in [5.74, 6) is 0.325. The number of aromatic amines is 1. The van der Waals surface area contributed by atoms with Crippen LogP contribution < -0.4 is 10.1 Å². The molecule has 132 valence electrons. The summed E-state index contributed by atoms with van der Waals surface area (Å²) in [5.41, 5.74) is 1.12. The summed E-state index contributed by atoms with van der Waals surface area (Å²) in [6.45, 7) is 1.87. The number of nitrogens with zero attached hydrogens (tertiary/aromatic N) is 2. The Morgan fingerprint density at radius 1 is 1.31 bits per heavy atom. The minimum absolute atomic E-state index is 0.199. The highest BCUT2D eigenvalue weighted by atomic mass is 79.9. The van der Waals surface area contributed by atoms with Crippen molar-refractivity contribution in [1.29, 1.82) is 0 Å². The van der Waals surface area contributed by atoms with Crippen LogP contribution in [0, 0.1) is 17.0 Å². The lowest BCUT2D eigenvalue weighted by Gasteiger charge is -2.10. The predicted octanol–water partition coefficient (Wildman–Crippen LogP) is 4.43. The van der Waals surface area contributed by atoms with Crippen molar-refractivity contribution in [3.8, 4) is 11.5 Å². The van der Waals surface area contributed by atoms with Crippen LogP contribution in [0.5, 0.6) is 11.5 Å². The third-order valence-corrected chi connectivity index (χ3v) is 4.10. The number of ether oxygens (including phenoxy) is 1. The Morgan fingerprint density at radius 3 is 2.73 bits per heavy atom. The fourth-order valence-electron chi connectivity index (χ4n) is 2.24. The molecule has 0 atom stereocenters. The number of carbonyl (C=O) groups excluding carboxylic acids is 1. The Morgan fingerprint density at radius 2 is 2.08 bits per heavy atom. The number of halogens is 1. The SMILES string of the molecule is Cc1ccccc1Oc1cc(NC(=O)c2[nH]ncc2Br)cc([N+](=O)[O-])c1. The number of amides is 1. The van der Waals surface area contributed by atoms with Gasteiger partial charge in [0.25, 0.3) is 11.6 Å². The number of non-ortho nitro benzene ring substituents is 1. The Labute approximate surface area is 156 Å². The molecule has 1 aromatic heterocycles. The van der Waals surface area contributed by atoms with E-state index < -0.39 is 10.8 Å². The van der Waals surface area contributed by atoms with E-state index in [9.17, 15) is 14.9 Å². The fourth-order valence-corrected chi connectivity index (χ4v) is 2.61. The van der Waals surface area contributed by atoms with E-state index in [4.69, 9.17) is 4.74 Å². The van der Waals surface area contributed by atoms with Gasteiger partial charge >= 0.3 is 0 Å². The van der Waals surface area contributed by atoms with Crippen LogP contribution in [0.15, 0.2) is 53.1 Å². The smallest absolute Gasteiger partial charge is 0.275 e. The predicted molar refractivity (Wildman–Crippen MR) is 98.6 cm³/mol. The lowest BCUT2D eigenvalue weighted by atomic mass is 10.2. The van der Waals surface area contributed by atoms with Crippen molar-refractivity contribution >= 4 is 33.2 Å². The molecule has 9 heteroatoms. The second-order valence-corrected chi connectivity index (χ2v) is 6.24. The molecular formula is C17H13BrN4O4. The first-order chi connectivity index (χ1) is 12.4. The van der Waals surface area contributed by atoms with Gasteiger partial charge in [-0.15, -0.1) is 0 Å². The number of anilines is 1. The third-order valence-electron chi connectivity index (χ3n) is 3.50. The van der Waals surface area contributed by atoms with Gasteiger partial charge in [0.1, 0.15) is 17.2 Å². The van der Waals surface area contributed by atoms with Crippen LogP contribution in [0.1, 0.15) is 16.1 Å². The van der Waals surface area contributed by atoms with Gasteiger partial charge in [0, 0.05) is 12.1 Å². The topological polar surface area (TPSA) is 110 Å². The van der Waals surface area contributed by atoms with Gasteiger partial charge in [0.05, 0.1) is 27.3 Å². The number of aryl methyl sites for hydroxylation is 1. The first kappa shape index (κ1) is 17.6. The average Bonchev–Trinajstić information content (AvgIpc) is 3.03. The van der Waals surface area contributed by atoms with Gasteiger partial charge in [-0.2, -0.15) is 5.10 Å². The molecule has 0 fully saturated rings. The maximum Gasteiger partial charge on any atom is 0.275 e. The number of H-pyrrole nitrogens is 1. The molecule has 0 saturated carbocycles. The summed E-state index contributed by atoms with van der Waals surface area (Å²) in [6.07, 6.45) is 1.44. The maximum atomic E-state index is 12.3. The average molecular weight is 417 g/mol. The third kappa shape index (κ3) is 3.89. The molecule has 0 unspecified atom stereocenters. The monoisotopic (exact) mass is 416 g/mol. The summed E-state index contributed by atoms with van der Waals surface area (Å²) >= 11 is 3.20. The summed E-state index contributed by atoms with van der Waals surface area (Å²) in [5, 5.41) is 20.1. The molecule has 8 nitrogen and oxygen atoms in total. The van der Waals surface area contributed by atoms with Crippen molar-refractivity contribution in [2.24, 2.45) is 0 Å². The summed E-state index contributed by atoms with van der Waals surface area (Å²) in [6, 6.07) is 11.4. The molecule has 0 saturated heterocycles. The van der Waals surface area contributed by atoms with Crippen molar-refractivity contribution < 1.29 is 14.5 Å². The van der Waals surface area contributed by atoms with Gasteiger partial charge in [-0.3, -0.25) is 20.0 Å². The van der Waals surface area contributed by atoms with Gasteiger partial charge in [-0.25, -0.2) is 0 Å². The summed E-state index contributed by atoms with van der Waals surface area (Å²) < 4.78 is 6.23. The van der Waals surface area contributed by atoms with E-state index in [1.807, 2.05) is 19.1 Å². The zero-order valence-electron chi connectivity index (χ0n) is 13.5. The standard InChI is InChI=1S/C17H13BrN4O4/c1-10-4-2-3-5-15(10)26-13-7-11(6-12(8-13)22(24)25)20-17(23)16-14(18)9-19-21-16/h2-9H,1H3,(H,19,21)(H,20,23). The molecule has 1 amide bonds. The van der Waals surface area contributed by atoms with Gasteiger partial charge in [0.15, 0.2) is 0 Å². The first-order valence-electron chi connectivity index (χ1n) is 7.47. The van der Waals surface area contributed by atoms with Crippen molar-refractivity contribution in [2.75, 3.05) is 5.32 Å². The van der Waals surface area contributed by atoms with Crippen LogP contribution in [0.4, 0.5) is 11.4 Å². The molecular weight excluding hydrogens is 404 g/mol. The van der Waals surface area contributed by atoms with Crippen molar-refractivity contribution in [3.05, 3.63) is 74.5 Å². The second-order valence-electron chi connectivity index (χ2n) is 5.39. The Kier molecular flexibility index (Phi) is 4.99. The second kappa shape index (κ2) is 7.36. The maximum absolute atomic E-state index is 12.3. The highest BCUT2D eigenvalue weighted by molar-refractivity contribution is 9.10. The number of benzene rings is 2. The molecule has 2 N–H and O–H groups in total.